The van der Waals surface area contributed by atoms with Gasteiger partial charge in [0, 0.05) is 11.1 Å². The molecule has 0 radical (unpaired) electrons. The van der Waals surface area contributed by atoms with E-state index in [1.807, 2.05) is 19.9 Å². The summed E-state index contributed by atoms with van der Waals surface area (Å²) in [5.41, 5.74) is 1.72. The van der Waals surface area contributed by atoms with Crippen molar-refractivity contribution in [2.24, 2.45) is 5.16 Å². The molecule has 1 aromatic carbocycles. The molecular formula is C17H17F3N4O3. The van der Waals surface area contributed by atoms with E-state index in [9.17, 15) is 18.0 Å². The van der Waals surface area contributed by atoms with Gasteiger partial charge in [-0.25, -0.2) is 0 Å². The molecule has 7 nitrogen and oxygen atoms in total. The van der Waals surface area contributed by atoms with Crippen molar-refractivity contribution >= 4 is 12.1 Å². The van der Waals surface area contributed by atoms with Crippen LogP contribution in [0.4, 0.5) is 13.2 Å². The van der Waals surface area contributed by atoms with Crippen LogP contribution < -0.4 is 5.32 Å². The van der Waals surface area contributed by atoms with Crippen molar-refractivity contribution < 1.29 is 27.3 Å². The van der Waals surface area contributed by atoms with Crippen LogP contribution in [0.1, 0.15) is 30.1 Å². The third kappa shape index (κ3) is 6.24. The maximum absolute atomic E-state index is 12.5. The van der Waals surface area contributed by atoms with Gasteiger partial charge >= 0.3 is 12.1 Å². The van der Waals surface area contributed by atoms with Crippen molar-refractivity contribution in [3.8, 4) is 11.4 Å². The number of rotatable bonds is 7. The minimum atomic E-state index is -4.71. The van der Waals surface area contributed by atoms with Crippen molar-refractivity contribution in [3.05, 3.63) is 47.4 Å². The van der Waals surface area contributed by atoms with E-state index in [1.165, 1.54) is 30.5 Å². The highest BCUT2D eigenvalue weighted by Crippen LogP contribution is 2.29. The number of oxime groups is 1. The van der Waals surface area contributed by atoms with Crippen LogP contribution in [-0.4, -0.2) is 35.4 Å². The Balaban J connectivity index is 1.87. The summed E-state index contributed by atoms with van der Waals surface area (Å²) < 4.78 is 41.6. The van der Waals surface area contributed by atoms with E-state index in [1.54, 1.807) is 0 Å². The molecular weight excluding hydrogens is 365 g/mol. The highest BCUT2D eigenvalue weighted by atomic mass is 19.4. The lowest BCUT2D eigenvalue weighted by atomic mass is 10.1. The Kier molecular flexibility index (Phi) is 6.69. The lowest BCUT2D eigenvalue weighted by molar-refractivity contribution is -0.159. The molecule has 0 fully saturated rings. The monoisotopic (exact) mass is 382 g/mol. The van der Waals surface area contributed by atoms with E-state index in [4.69, 9.17) is 4.84 Å². The third-order valence-electron chi connectivity index (χ3n) is 3.14. The van der Waals surface area contributed by atoms with E-state index in [0.717, 1.165) is 5.57 Å². The van der Waals surface area contributed by atoms with Crippen molar-refractivity contribution in [2.75, 3.05) is 13.2 Å². The molecule has 2 rings (SSSR count). The summed E-state index contributed by atoms with van der Waals surface area (Å²) in [6, 6.07) is 5.74. The fraction of sp³-hybridized carbons (Fsp3) is 0.294. The van der Waals surface area contributed by atoms with Crippen LogP contribution in [0, 0.1) is 0 Å². The number of hydrogen-bond donors (Lipinski definition) is 1. The van der Waals surface area contributed by atoms with Crippen LogP contribution in [0.25, 0.3) is 11.4 Å². The van der Waals surface area contributed by atoms with Gasteiger partial charge in [-0.3, -0.25) is 4.79 Å². The molecule has 0 aliphatic heterocycles. The summed E-state index contributed by atoms with van der Waals surface area (Å²) in [6.07, 6.45) is -1.44. The number of carbonyl (C=O) groups is 1. The maximum atomic E-state index is 12.5. The Bertz CT molecular complexity index is 823. The Morgan fingerprint density at radius 1 is 1.30 bits per heavy atom. The van der Waals surface area contributed by atoms with Gasteiger partial charge in [0.05, 0.1) is 12.8 Å². The first kappa shape index (κ1) is 20.1. The Morgan fingerprint density at radius 2 is 2.00 bits per heavy atom. The molecule has 1 heterocycles. The quantitative estimate of drug-likeness (QED) is 0.343. The summed E-state index contributed by atoms with van der Waals surface area (Å²) >= 11 is 0. The van der Waals surface area contributed by atoms with Crippen molar-refractivity contribution in [1.82, 2.24) is 15.5 Å². The second-order valence-electron chi connectivity index (χ2n) is 5.57. The van der Waals surface area contributed by atoms with E-state index < -0.39 is 12.1 Å². The maximum Gasteiger partial charge on any atom is 0.471 e. The molecule has 0 saturated carbocycles. The molecule has 0 saturated heterocycles. The summed E-state index contributed by atoms with van der Waals surface area (Å²) in [6.45, 7) is 4.38. The molecule has 0 aliphatic rings. The highest BCUT2D eigenvalue weighted by Gasteiger charge is 2.38. The standard InChI is InChI=1S/C17H17F3N4O3/c1-11(2)7-10-26-22-9-8-21-15(25)13-5-3-12(4-6-13)14-23-16(27-24-14)17(18,19)20/h3-7,9H,8,10H2,1-2H3,(H,21,25). The third-order valence-corrected chi connectivity index (χ3v) is 3.14. The lowest BCUT2D eigenvalue weighted by Crippen LogP contribution is -2.25. The first-order valence-electron chi connectivity index (χ1n) is 7.84. The molecule has 0 bridgehead atoms. The summed E-state index contributed by atoms with van der Waals surface area (Å²) in [4.78, 5) is 20.2. The van der Waals surface area contributed by atoms with Crippen LogP contribution in [-0.2, 0) is 11.0 Å². The van der Waals surface area contributed by atoms with Crippen molar-refractivity contribution in [1.29, 1.82) is 0 Å². The molecule has 10 heteroatoms. The summed E-state index contributed by atoms with van der Waals surface area (Å²) in [5.74, 6) is -2.01. The normalized spacial score (nSPS) is 11.4. The number of nitrogens with one attached hydrogen (secondary N) is 1. The number of aromatic nitrogens is 2. The number of allylic oxidation sites excluding steroid dienone is 1. The van der Waals surface area contributed by atoms with E-state index in [2.05, 4.69) is 25.1 Å². The van der Waals surface area contributed by atoms with Gasteiger partial charge in [0.1, 0.15) is 6.61 Å². The predicted octanol–water partition coefficient (Wildman–Crippen LogP) is 3.45. The van der Waals surface area contributed by atoms with Gasteiger partial charge in [-0.15, -0.1) is 0 Å². The predicted molar refractivity (Wildman–Crippen MR) is 90.9 cm³/mol. The number of hydrogen-bond acceptors (Lipinski definition) is 6. The first-order chi connectivity index (χ1) is 12.8. The molecule has 1 aromatic heterocycles. The van der Waals surface area contributed by atoms with Gasteiger partial charge < -0.3 is 14.7 Å². The van der Waals surface area contributed by atoms with Gasteiger partial charge in [0.25, 0.3) is 5.91 Å². The zero-order chi connectivity index (χ0) is 19.9. The number of carbonyl (C=O) groups excluding carboxylic acids is 1. The second kappa shape index (κ2) is 8.97. The first-order valence-corrected chi connectivity index (χ1v) is 7.84. The Labute approximate surface area is 152 Å². The number of halogens is 3. The fourth-order valence-electron chi connectivity index (χ4n) is 1.80. The molecule has 0 aliphatic carbocycles. The second-order valence-corrected chi connectivity index (χ2v) is 5.57. The van der Waals surface area contributed by atoms with E-state index in [-0.39, 0.29) is 18.3 Å². The van der Waals surface area contributed by atoms with Gasteiger partial charge in [0.2, 0.25) is 5.82 Å². The van der Waals surface area contributed by atoms with Gasteiger partial charge in [-0.05, 0) is 32.1 Å². The number of amides is 1. The number of benzene rings is 1. The fourth-order valence-corrected chi connectivity index (χ4v) is 1.80. The number of nitrogens with zero attached hydrogens (tertiary/aromatic N) is 3. The minimum Gasteiger partial charge on any atom is -0.392 e. The van der Waals surface area contributed by atoms with Crippen LogP contribution in [0.2, 0.25) is 0 Å². The van der Waals surface area contributed by atoms with Crippen LogP contribution in [0.5, 0.6) is 0 Å². The average Bonchev–Trinajstić information content (AvgIpc) is 3.11. The molecule has 0 atom stereocenters. The summed E-state index contributed by atoms with van der Waals surface area (Å²) in [7, 11) is 0. The zero-order valence-electron chi connectivity index (χ0n) is 14.6. The Hall–Kier alpha value is -3.17. The topological polar surface area (TPSA) is 89.6 Å². The van der Waals surface area contributed by atoms with E-state index >= 15 is 0 Å². The molecule has 0 spiro atoms. The van der Waals surface area contributed by atoms with Crippen LogP contribution in [0.15, 0.2) is 45.6 Å². The molecule has 2 aromatic rings. The molecule has 0 unspecified atom stereocenters. The molecule has 1 N–H and O–H groups in total. The van der Waals surface area contributed by atoms with Crippen molar-refractivity contribution in [3.63, 3.8) is 0 Å². The van der Waals surface area contributed by atoms with Gasteiger partial charge in [-0.2, -0.15) is 18.2 Å². The molecule has 144 valence electrons. The molecule has 27 heavy (non-hydrogen) atoms. The largest absolute Gasteiger partial charge is 0.471 e. The van der Waals surface area contributed by atoms with Gasteiger partial charge in [0.15, 0.2) is 0 Å². The smallest absolute Gasteiger partial charge is 0.392 e. The number of alkyl halides is 3. The van der Waals surface area contributed by atoms with Crippen LogP contribution >= 0.6 is 0 Å². The zero-order valence-corrected chi connectivity index (χ0v) is 14.6. The summed E-state index contributed by atoms with van der Waals surface area (Å²) in [5, 5.41) is 9.56. The van der Waals surface area contributed by atoms with Crippen LogP contribution in [0.3, 0.4) is 0 Å². The van der Waals surface area contributed by atoms with Gasteiger partial charge in [-0.1, -0.05) is 28.0 Å². The Morgan fingerprint density at radius 3 is 2.59 bits per heavy atom. The average molecular weight is 382 g/mol. The van der Waals surface area contributed by atoms with Crippen molar-refractivity contribution in [2.45, 2.75) is 20.0 Å². The lowest BCUT2D eigenvalue weighted by Gasteiger charge is -2.02. The minimum absolute atomic E-state index is 0.162. The molecule has 1 amide bonds. The highest BCUT2D eigenvalue weighted by molar-refractivity contribution is 5.95. The van der Waals surface area contributed by atoms with E-state index in [0.29, 0.717) is 17.7 Å². The SMILES string of the molecule is CC(C)=CCON=CCNC(=O)c1ccc(-c2noc(C(F)(F)F)n2)cc1.